The van der Waals surface area contributed by atoms with E-state index in [9.17, 15) is 17.2 Å². The molecule has 0 saturated carbocycles. The van der Waals surface area contributed by atoms with E-state index in [4.69, 9.17) is 0 Å². The van der Waals surface area contributed by atoms with Crippen molar-refractivity contribution >= 4 is 27.3 Å². The normalized spacial score (nSPS) is 19.0. The summed E-state index contributed by atoms with van der Waals surface area (Å²) in [6, 6.07) is 5.06. The molecule has 1 N–H and O–H groups in total. The Bertz CT molecular complexity index is 885. The van der Waals surface area contributed by atoms with Gasteiger partial charge in [-0.05, 0) is 25.5 Å². The second-order valence-corrected chi connectivity index (χ2v) is 8.31. The highest BCUT2D eigenvalue weighted by atomic mass is 32.2. The van der Waals surface area contributed by atoms with Crippen LogP contribution in [0.1, 0.15) is 12.1 Å². The fraction of sp³-hybridized carbons (Fsp3) is 0.375. The first-order valence-corrected chi connectivity index (χ1v) is 9.57. The molecule has 1 fully saturated rings. The summed E-state index contributed by atoms with van der Waals surface area (Å²) in [6.07, 6.45) is 0.520. The smallest absolute Gasteiger partial charge is 0.229 e. The van der Waals surface area contributed by atoms with Crippen LogP contribution in [0.4, 0.5) is 26.2 Å². The number of nitrogens with one attached hydrogen (secondary N) is 1. The van der Waals surface area contributed by atoms with Crippen molar-refractivity contribution in [3.63, 3.8) is 0 Å². The third kappa shape index (κ3) is 3.87. The Labute approximate surface area is 144 Å². The number of halogens is 2. The molecule has 3 rings (SSSR count). The Morgan fingerprint density at radius 1 is 1.24 bits per heavy atom. The van der Waals surface area contributed by atoms with Crippen molar-refractivity contribution in [1.82, 2.24) is 9.97 Å². The average molecular weight is 368 g/mol. The van der Waals surface area contributed by atoms with Crippen LogP contribution < -0.4 is 10.2 Å². The number of nitrogens with zero attached hydrogens (tertiary/aromatic N) is 3. The summed E-state index contributed by atoms with van der Waals surface area (Å²) in [5.41, 5.74) is 0.266. The van der Waals surface area contributed by atoms with Crippen molar-refractivity contribution in [2.45, 2.75) is 19.4 Å². The predicted octanol–water partition coefficient (Wildman–Crippen LogP) is 2.43. The van der Waals surface area contributed by atoms with E-state index in [0.29, 0.717) is 17.9 Å². The van der Waals surface area contributed by atoms with E-state index < -0.39 is 21.5 Å². The van der Waals surface area contributed by atoms with Crippen LogP contribution in [0.5, 0.6) is 0 Å². The number of benzene rings is 1. The molecule has 2 aromatic rings. The summed E-state index contributed by atoms with van der Waals surface area (Å²) in [6.45, 7) is 1.73. The number of anilines is 3. The van der Waals surface area contributed by atoms with E-state index in [1.54, 1.807) is 24.9 Å². The molecule has 1 aliphatic heterocycles. The van der Waals surface area contributed by atoms with Crippen LogP contribution in [0.2, 0.25) is 0 Å². The molecule has 1 aliphatic rings. The Balaban J connectivity index is 1.88. The number of sulfone groups is 1. The third-order valence-corrected chi connectivity index (χ3v) is 5.91. The van der Waals surface area contributed by atoms with Crippen LogP contribution in [-0.4, -0.2) is 43.0 Å². The van der Waals surface area contributed by atoms with Crippen molar-refractivity contribution in [3.05, 3.63) is 41.6 Å². The molecule has 1 aromatic heterocycles. The van der Waals surface area contributed by atoms with Crippen molar-refractivity contribution in [1.29, 1.82) is 0 Å². The molecule has 1 unspecified atom stereocenters. The van der Waals surface area contributed by atoms with Crippen molar-refractivity contribution in [3.8, 4) is 0 Å². The highest BCUT2D eigenvalue weighted by molar-refractivity contribution is 7.91. The number of aromatic nitrogens is 2. The van der Waals surface area contributed by atoms with Crippen LogP contribution in [0.3, 0.4) is 0 Å². The summed E-state index contributed by atoms with van der Waals surface area (Å²) in [7, 11) is -1.28. The van der Waals surface area contributed by atoms with Gasteiger partial charge in [0.25, 0.3) is 0 Å². The molecule has 6 nitrogen and oxygen atoms in total. The lowest BCUT2D eigenvalue weighted by molar-refractivity contribution is 0.590. The molecule has 1 atom stereocenters. The Morgan fingerprint density at radius 3 is 2.52 bits per heavy atom. The standard InChI is InChI=1S/C16H18F2N4O2S/c1-10-8-14(22(2)11-6-7-25(23,24)9-11)20-16(19-10)21-15-12(17)4-3-5-13(15)18/h3-5,8,11H,6-7,9H2,1-2H3,(H,19,20,21). The molecular weight excluding hydrogens is 350 g/mol. The van der Waals surface area contributed by atoms with E-state index in [2.05, 4.69) is 15.3 Å². The highest BCUT2D eigenvalue weighted by Crippen LogP contribution is 2.25. The minimum atomic E-state index is -3.03. The molecule has 1 aromatic carbocycles. The molecule has 2 heterocycles. The minimum absolute atomic E-state index is 0.0479. The average Bonchev–Trinajstić information content (AvgIpc) is 2.90. The molecule has 0 aliphatic carbocycles. The molecule has 0 radical (unpaired) electrons. The number of para-hydroxylation sites is 1. The predicted molar refractivity (Wildman–Crippen MR) is 91.9 cm³/mol. The number of aryl methyl sites for hydroxylation is 1. The number of hydrogen-bond donors (Lipinski definition) is 1. The van der Waals surface area contributed by atoms with Crippen molar-refractivity contribution in [2.75, 3.05) is 28.8 Å². The van der Waals surface area contributed by atoms with E-state index in [-0.39, 0.29) is 29.2 Å². The van der Waals surface area contributed by atoms with Crippen molar-refractivity contribution in [2.24, 2.45) is 0 Å². The van der Waals surface area contributed by atoms with Crippen LogP contribution in [0, 0.1) is 18.6 Å². The summed E-state index contributed by atoms with van der Waals surface area (Å²) >= 11 is 0. The summed E-state index contributed by atoms with van der Waals surface area (Å²) in [4.78, 5) is 10.2. The van der Waals surface area contributed by atoms with Gasteiger partial charge in [-0.15, -0.1) is 0 Å². The summed E-state index contributed by atoms with van der Waals surface area (Å²) in [5.74, 6) is -0.737. The van der Waals surface area contributed by atoms with Crippen LogP contribution in [0.25, 0.3) is 0 Å². The monoisotopic (exact) mass is 368 g/mol. The quantitative estimate of drug-likeness (QED) is 0.893. The number of hydrogen-bond acceptors (Lipinski definition) is 6. The lowest BCUT2D eigenvalue weighted by atomic mass is 10.2. The van der Waals surface area contributed by atoms with Gasteiger partial charge in [-0.3, -0.25) is 0 Å². The Kier molecular flexibility index (Phi) is 4.59. The zero-order chi connectivity index (χ0) is 18.2. The number of rotatable bonds is 4. The maximum atomic E-state index is 13.8. The highest BCUT2D eigenvalue weighted by Gasteiger charge is 2.31. The van der Waals surface area contributed by atoms with Gasteiger partial charge in [0.05, 0.1) is 11.5 Å². The molecule has 0 spiro atoms. The van der Waals surface area contributed by atoms with E-state index in [1.165, 1.54) is 6.07 Å². The van der Waals surface area contributed by atoms with Crippen LogP contribution in [-0.2, 0) is 9.84 Å². The van der Waals surface area contributed by atoms with Gasteiger partial charge in [-0.2, -0.15) is 4.98 Å². The van der Waals surface area contributed by atoms with Gasteiger partial charge >= 0.3 is 0 Å². The Morgan fingerprint density at radius 2 is 1.92 bits per heavy atom. The summed E-state index contributed by atoms with van der Waals surface area (Å²) in [5, 5.41) is 2.57. The lowest BCUT2D eigenvalue weighted by Crippen LogP contribution is -2.33. The first kappa shape index (κ1) is 17.5. The van der Waals surface area contributed by atoms with Gasteiger partial charge < -0.3 is 10.2 Å². The van der Waals surface area contributed by atoms with E-state index >= 15 is 0 Å². The second-order valence-electron chi connectivity index (χ2n) is 6.08. The zero-order valence-corrected chi connectivity index (χ0v) is 14.6. The molecule has 9 heteroatoms. The van der Waals surface area contributed by atoms with Gasteiger partial charge in [0.15, 0.2) is 9.84 Å². The maximum Gasteiger partial charge on any atom is 0.229 e. The van der Waals surface area contributed by atoms with Crippen molar-refractivity contribution < 1.29 is 17.2 Å². The molecule has 0 amide bonds. The van der Waals surface area contributed by atoms with E-state index in [0.717, 1.165) is 12.1 Å². The molecule has 25 heavy (non-hydrogen) atoms. The van der Waals surface area contributed by atoms with Crippen LogP contribution >= 0.6 is 0 Å². The van der Waals surface area contributed by atoms with Gasteiger partial charge in [0.2, 0.25) is 5.95 Å². The van der Waals surface area contributed by atoms with Gasteiger partial charge in [0.1, 0.15) is 23.1 Å². The zero-order valence-electron chi connectivity index (χ0n) is 13.8. The topological polar surface area (TPSA) is 75.2 Å². The van der Waals surface area contributed by atoms with E-state index in [1.807, 2.05) is 0 Å². The first-order chi connectivity index (χ1) is 11.7. The molecule has 0 bridgehead atoms. The van der Waals surface area contributed by atoms with Gasteiger partial charge in [0, 0.05) is 24.8 Å². The molecular formula is C16H18F2N4O2S. The fourth-order valence-corrected chi connectivity index (χ4v) is 4.56. The summed E-state index contributed by atoms with van der Waals surface area (Å²) < 4.78 is 50.9. The largest absolute Gasteiger partial charge is 0.355 e. The second kappa shape index (κ2) is 6.55. The molecule has 134 valence electrons. The molecule has 1 saturated heterocycles. The Hall–Kier alpha value is -2.29. The fourth-order valence-electron chi connectivity index (χ4n) is 2.79. The van der Waals surface area contributed by atoms with Gasteiger partial charge in [-0.1, -0.05) is 6.07 Å². The first-order valence-electron chi connectivity index (χ1n) is 7.75. The minimum Gasteiger partial charge on any atom is -0.355 e. The lowest BCUT2D eigenvalue weighted by Gasteiger charge is -2.25. The SMILES string of the molecule is Cc1cc(N(C)C2CCS(=O)(=O)C2)nc(Nc2c(F)cccc2F)n1. The van der Waals surface area contributed by atoms with Crippen LogP contribution in [0.15, 0.2) is 24.3 Å². The maximum absolute atomic E-state index is 13.8. The third-order valence-electron chi connectivity index (χ3n) is 4.16. The van der Waals surface area contributed by atoms with Gasteiger partial charge in [-0.25, -0.2) is 22.2 Å².